The summed E-state index contributed by atoms with van der Waals surface area (Å²) in [5.74, 6) is -1.83. The van der Waals surface area contributed by atoms with Crippen LogP contribution in [0, 0.1) is 12.1 Å². The van der Waals surface area contributed by atoms with Crippen LogP contribution >= 0.6 is 0 Å². The molecule has 0 saturated carbocycles. The van der Waals surface area contributed by atoms with Gasteiger partial charge in [-0.15, -0.1) is 0 Å². The summed E-state index contributed by atoms with van der Waals surface area (Å²) in [5.41, 5.74) is 0. The highest BCUT2D eigenvalue weighted by Crippen LogP contribution is 2.33. The number of hydrogen-bond donors (Lipinski definition) is 0. The largest absolute Gasteiger partial charge is 0.382 e. The minimum absolute atomic E-state index is 0.147. The Morgan fingerprint density at radius 1 is 1.67 bits per heavy atom. The molecular weight excluding hydrogens is 202 g/mol. The van der Waals surface area contributed by atoms with Gasteiger partial charge in [-0.1, -0.05) is 13.0 Å². The number of rotatable bonds is 5. The van der Waals surface area contributed by atoms with Crippen molar-refractivity contribution in [2.24, 2.45) is 5.92 Å². The molecule has 0 N–H and O–H groups in total. The zero-order valence-electron chi connectivity index (χ0n) is 8.63. The molecule has 0 spiro atoms. The smallest absolute Gasteiger partial charge is 0.258 e. The lowest BCUT2D eigenvalue weighted by atomic mass is 9.98. The van der Waals surface area contributed by atoms with Crippen molar-refractivity contribution in [3.8, 4) is 0 Å². The van der Waals surface area contributed by atoms with Crippen molar-refractivity contribution in [1.82, 2.24) is 0 Å². The van der Waals surface area contributed by atoms with Gasteiger partial charge in [-0.25, -0.2) is 4.39 Å². The van der Waals surface area contributed by atoms with Crippen LogP contribution in [0.2, 0.25) is 0 Å². The molecule has 1 aliphatic carbocycles. The van der Waals surface area contributed by atoms with Crippen molar-refractivity contribution in [3.63, 3.8) is 0 Å². The van der Waals surface area contributed by atoms with Gasteiger partial charge in [-0.2, -0.15) is 0 Å². The van der Waals surface area contributed by atoms with E-state index in [4.69, 9.17) is 4.74 Å². The summed E-state index contributed by atoms with van der Waals surface area (Å²) < 4.78 is 36.1. The maximum absolute atomic E-state index is 13.4. The predicted molar refractivity (Wildman–Crippen MR) is 53.3 cm³/mol. The molecule has 84 valence electrons. The van der Waals surface area contributed by atoms with E-state index in [2.05, 4.69) is 11.2 Å². The van der Waals surface area contributed by atoms with Crippen LogP contribution in [-0.4, -0.2) is 20.0 Å². The fourth-order valence-corrected chi connectivity index (χ4v) is 1.24. The van der Waals surface area contributed by atoms with E-state index >= 15 is 0 Å². The molecule has 0 aliphatic heterocycles. The molecule has 4 heteroatoms. The van der Waals surface area contributed by atoms with Crippen LogP contribution in [0.3, 0.4) is 0 Å². The first-order valence-corrected chi connectivity index (χ1v) is 4.81. The molecule has 0 saturated heterocycles. The number of hydrogen-bond acceptors (Lipinski definition) is 1. The summed E-state index contributed by atoms with van der Waals surface area (Å²) in [6.07, 6.45) is 2.87. The van der Waals surface area contributed by atoms with Crippen molar-refractivity contribution in [3.05, 3.63) is 29.9 Å². The minimum Gasteiger partial charge on any atom is -0.382 e. The predicted octanol–water partition coefficient (Wildman–Crippen LogP) is 2.65. The fraction of sp³-hybridized carbons (Fsp3) is 0.455. The van der Waals surface area contributed by atoms with Crippen LogP contribution in [-0.2, 0) is 9.16 Å². The van der Waals surface area contributed by atoms with Gasteiger partial charge in [-0.05, 0) is 24.6 Å². The molecular formula is C11H14F2O2. The van der Waals surface area contributed by atoms with E-state index in [1.54, 1.807) is 0 Å². The molecule has 0 aromatic heterocycles. The van der Waals surface area contributed by atoms with E-state index in [0.29, 0.717) is 6.61 Å². The molecule has 0 aromatic rings. The quantitative estimate of drug-likeness (QED) is 0.393. The topological polar surface area (TPSA) is 20.5 Å². The molecule has 1 unspecified atom stereocenters. The van der Waals surface area contributed by atoms with Gasteiger partial charge in [0.15, 0.2) is 0 Å². The zero-order chi connectivity index (χ0) is 11.3. The highest BCUT2D eigenvalue weighted by atomic mass is 19.2. The Morgan fingerprint density at radius 3 is 3.00 bits per heavy atom. The number of halogens is 2. The highest BCUT2D eigenvalue weighted by molar-refractivity contribution is 5.33. The molecule has 1 rings (SSSR count). The zero-order valence-corrected chi connectivity index (χ0v) is 8.63. The average molecular weight is 216 g/mol. The van der Waals surface area contributed by atoms with Gasteiger partial charge in [0.05, 0.1) is 5.83 Å². The first kappa shape index (κ1) is 11.9. The molecule has 2 nitrogen and oxygen atoms in total. The monoisotopic (exact) mass is 216 g/mol. The van der Waals surface area contributed by atoms with Gasteiger partial charge in [0.1, 0.15) is 0 Å². The second-order valence-corrected chi connectivity index (χ2v) is 3.21. The van der Waals surface area contributed by atoms with Gasteiger partial charge in [0.2, 0.25) is 5.76 Å². The van der Waals surface area contributed by atoms with E-state index in [1.165, 1.54) is 12.2 Å². The SMILES string of the molecule is C=[O+]C1=C(F)[C-](F)C(COCCC)C=C1. The van der Waals surface area contributed by atoms with Crippen LogP contribution in [0.25, 0.3) is 0 Å². The second-order valence-electron chi connectivity index (χ2n) is 3.21. The van der Waals surface area contributed by atoms with Gasteiger partial charge >= 0.3 is 0 Å². The number of allylic oxidation sites excluding steroid dienone is 2. The highest BCUT2D eigenvalue weighted by Gasteiger charge is 2.23. The standard InChI is InChI=1S/C11H14F2O2/c1-3-6-15-7-8-4-5-9(14-2)11(13)10(8)12/h4-5,8H,2-3,6-7H2,1H3. The van der Waals surface area contributed by atoms with Gasteiger partial charge in [0, 0.05) is 13.2 Å². The Kier molecular flexibility index (Phi) is 4.49. The molecule has 0 radical (unpaired) electrons. The van der Waals surface area contributed by atoms with Crippen molar-refractivity contribution in [2.75, 3.05) is 13.2 Å². The summed E-state index contributed by atoms with van der Waals surface area (Å²) in [5, 5.41) is 0. The number of ether oxygens (including phenoxy) is 1. The summed E-state index contributed by atoms with van der Waals surface area (Å²) in [7, 11) is 0. The van der Waals surface area contributed by atoms with Crippen LogP contribution in [0.15, 0.2) is 23.7 Å². The van der Waals surface area contributed by atoms with Crippen molar-refractivity contribution in [2.45, 2.75) is 13.3 Å². The van der Waals surface area contributed by atoms with E-state index < -0.39 is 17.9 Å². The molecule has 15 heavy (non-hydrogen) atoms. The molecule has 1 atom stereocenters. The Balaban J connectivity index is 2.56. The summed E-state index contributed by atoms with van der Waals surface area (Å²) in [6.45, 7) is 5.67. The van der Waals surface area contributed by atoms with Crippen LogP contribution in [0.5, 0.6) is 0 Å². The van der Waals surface area contributed by atoms with E-state index in [1.807, 2.05) is 6.92 Å². The lowest BCUT2D eigenvalue weighted by molar-refractivity contribution is -0.383. The molecule has 1 aliphatic rings. The first-order valence-electron chi connectivity index (χ1n) is 4.81. The lowest BCUT2D eigenvalue weighted by Crippen LogP contribution is -2.18. The van der Waals surface area contributed by atoms with Gasteiger partial charge < -0.3 is 13.6 Å². The average Bonchev–Trinajstić information content (AvgIpc) is 2.25. The van der Waals surface area contributed by atoms with Crippen LogP contribution in [0.4, 0.5) is 8.78 Å². The third-order valence-electron chi connectivity index (χ3n) is 2.03. The Hall–Kier alpha value is -1.16. The summed E-state index contributed by atoms with van der Waals surface area (Å²) in [4.78, 5) is 0. The third kappa shape index (κ3) is 2.89. The van der Waals surface area contributed by atoms with Crippen molar-refractivity contribution >= 4 is 6.79 Å². The van der Waals surface area contributed by atoms with Crippen molar-refractivity contribution in [1.29, 1.82) is 0 Å². The second kappa shape index (κ2) is 5.66. The first-order chi connectivity index (χ1) is 7.20. The van der Waals surface area contributed by atoms with Gasteiger partial charge in [-0.3, -0.25) is 0 Å². The van der Waals surface area contributed by atoms with Crippen LogP contribution in [0.1, 0.15) is 13.3 Å². The maximum Gasteiger partial charge on any atom is 0.258 e. The summed E-state index contributed by atoms with van der Waals surface area (Å²) in [6, 6.07) is 0. The Labute approximate surface area is 87.9 Å². The molecule has 0 amide bonds. The van der Waals surface area contributed by atoms with E-state index in [0.717, 1.165) is 6.42 Å². The van der Waals surface area contributed by atoms with E-state index in [9.17, 15) is 8.78 Å². The Bertz CT molecular complexity index is 284. The molecule has 0 heterocycles. The van der Waals surface area contributed by atoms with E-state index in [-0.39, 0.29) is 12.4 Å². The third-order valence-corrected chi connectivity index (χ3v) is 2.03. The maximum atomic E-state index is 13.4. The lowest BCUT2D eigenvalue weighted by Gasteiger charge is -2.25. The minimum atomic E-state index is -0.988. The Morgan fingerprint density at radius 2 is 2.40 bits per heavy atom. The normalized spacial score (nSPS) is 21.0. The van der Waals surface area contributed by atoms with Crippen molar-refractivity contribution < 1.29 is 17.9 Å². The number of carbonyl (C=O) groups excluding carboxylic acids is 1. The molecule has 0 aromatic carbocycles. The molecule has 0 fully saturated rings. The molecule has 0 bridgehead atoms. The fourth-order valence-electron chi connectivity index (χ4n) is 1.24. The summed E-state index contributed by atoms with van der Waals surface area (Å²) >= 11 is 0. The van der Waals surface area contributed by atoms with Crippen LogP contribution < -0.4 is 0 Å². The van der Waals surface area contributed by atoms with Gasteiger partial charge in [0.25, 0.3) is 6.79 Å².